The zero-order chi connectivity index (χ0) is 17.8. The Morgan fingerprint density at radius 1 is 1.44 bits per heavy atom. The number of hydrogen-bond donors (Lipinski definition) is 2. The van der Waals surface area contributed by atoms with Gasteiger partial charge in [-0.1, -0.05) is 0 Å². The van der Waals surface area contributed by atoms with E-state index in [2.05, 4.69) is 15.0 Å². The lowest BCUT2D eigenvalue weighted by atomic mass is 10.1. The van der Waals surface area contributed by atoms with Crippen LogP contribution in [0.3, 0.4) is 0 Å². The monoisotopic (exact) mass is 347 g/mol. The molecule has 7 heteroatoms. The van der Waals surface area contributed by atoms with E-state index in [1.807, 2.05) is 6.20 Å². The number of H-pyrrole nitrogens is 1. The Morgan fingerprint density at radius 2 is 2.28 bits per heavy atom. The zero-order valence-corrected chi connectivity index (χ0v) is 14.2. The van der Waals surface area contributed by atoms with Crippen molar-refractivity contribution in [2.45, 2.75) is 31.7 Å². The molecule has 1 aromatic heterocycles. The number of nitrogens with zero attached hydrogens (tertiary/aromatic N) is 1. The van der Waals surface area contributed by atoms with Crippen LogP contribution in [0.25, 0.3) is 10.9 Å². The van der Waals surface area contributed by atoms with Crippen molar-refractivity contribution in [1.29, 1.82) is 0 Å². The molecule has 3 rings (SSSR count). The summed E-state index contributed by atoms with van der Waals surface area (Å²) in [5.41, 5.74) is 1.84. The number of likely N-dealkylation sites (tertiary alicyclic amines) is 1. The van der Waals surface area contributed by atoms with Gasteiger partial charge in [0.15, 0.2) is 0 Å². The molecule has 1 aliphatic heterocycles. The molecule has 0 saturated carbocycles. The van der Waals surface area contributed by atoms with Gasteiger partial charge in [-0.15, -0.1) is 0 Å². The molecule has 1 fully saturated rings. The topological polar surface area (TPSA) is 74.4 Å². The van der Waals surface area contributed by atoms with Crippen LogP contribution >= 0.6 is 0 Å². The van der Waals surface area contributed by atoms with Gasteiger partial charge in [0.05, 0.1) is 13.5 Å². The number of urea groups is 1. The molecule has 2 N–H and O–H groups in total. The number of nitrogens with one attached hydrogen (secondary N) is 2. The number of hydrogen-bond acceptors (Lipinski definition) is 3. The minimum absolute atomic E-state index is 0.102. The molecular weight excluding hydrogens is 325 g/mol. The van der Waals surface area contributed by atoms with Crippen LogP contribution in [0.5, 0.6) is 0 Å². The molecule has 1 aromatic carbocycles. The minimum Gasteiger partial charge on any atom is -0.469 e. The molecular formula is C18H22FN3O3. The summed E-state index contributed by atoms with van der Waals surface area (Å²) in [7, 11) is 1.35. The van der Waals surface area contributed by atoms with Crippen LogP contribution in [0, 0.1) is 5.82 Å². The average molecular weight is 347 g/mol. The number of rotatable bonds is 5. The molecule has 134 valence electrons. The van der Waals surface area contributed by atoms with Crippen molar-refractivity contribution >= 4 is 22.9 Å². The van der Waals surface area contributed by atoms with Crippen LogP contribution in [0.2, 0.25) is 0 Å². The smallest absolute Gasteiger partial charge is 0.317 e. The number of ether oxygens (including phenoxy) is 1. The fourth-order valence-electron chi connectivity index (χ4n) is 3.35. The maximum absolute atomic E-state index is 13.4. The summed E-state index contributed by atoms with van der Waals surface area (Å²) in [6.07, 6.45) is 4.36. The van der Waals surface area contributed by atoms with E-state index in [9.17, 15) is 14.0 Å². The predicted molar refractivity (Wildman–Crippen MR) is 91.7 cm³/mol. The molecule has 0 aliphatic carbocycles. The Morgan fingerprint density at radius 3 is 3.08 bits per heavy atom. The van der Waals surface area contributed by atoms with Gasteiger partial charge >= 0.3 is 12.0 Å². The van der Waals surface area contributed by atoms with Crippen LogP contribution in [-0.4, -0.2) is 48.1 Å². The summed E-state index contributed by atoms with van der Waals surface area (Å²) in [6, 6.07) is 4.34. The van der Waals surface area contributed by atoms with Gasteiger partial charge in [-0.3, -0.25) is 4.79 Å². The van der Waals surface area contributed by atoms with E-state index in [4.69, 9.17) is 0 Å². The highest BCUT2D eigenvalue weighted by Gasteiger charge is 2.30. The number of halogens is 1. The van der Waals surface area contributed by atoms with Crippen molar-refractivity contribution in [1.82, 2.24) is 15.2 Å². The first-order chi connectivity index (χ1) is 12.1. The van der Waals surface area contributed by atoms with Crippen LogP contribution in [0.15, 0.2) is 24.4 Å². The highest BCUT2D eigenvalue weighted by molar-refractivity contribution is 5.83. The van der Waals surface area contributed by atoms with Crippen LogP contribution in [0.1, 0.15) is 24.8 Å². The number of fused-ring (bicyclic) bond motifs is 1. The molecule has 2 amide bonds. The van der Waals surface area contributed by atoms with Gasteiger partial charge in [0, 0.05) is 36.2 Å². The van der Waals surface area contributed by atoms with Gasteiger partial charge in [0.2, 0.25) is 0 Å². The standard InChI is InChI=1S/C18H22FN3O3/c1-25-17(23)10-14-3-2-8-22(14)18(24)20-7-6-12-11-21-16-5-4-13(19)9-15(12)16/h4-5,9,11,14,21H,2-3,6-8,10H2,1H3,(H,20,24). The molecule has 2 heterocycles. The zero-order valence-electron chi connectivity index (χ0n) is 14.2. The molecule has 2 aromatic rings. The third-order valence-electron chi connectivity index (χ3n) is 4.67. The molecule has 1 atom stereocenters. The van der Waals surface area contributed by atoms with E-state index in [1.165, 1.54) is 19.2 Å². The first-order valence-electron chi connectivity index (χ1n) is 8.45. The Hall–Kier alpha value is -2.57. The van der Waals surface area contributed by atoms with Gasteiger partial charge in [-0.25, -0.2) is 9.18 Å². The number of carbonyl (C=O) groups excluding carboxylic acids is 2. The average Bonchev–Trinajstić information content (AvgIpc) is 3.21. The SMILES string of the molecule is COC(=O)CC1CCCN1C(=O)NCCc1c[nH]c2ccc(F)cc12. The highest BCUT2D eigenvalue weighted by atomic mass is 19.1. The fraction of sp³-hybridized carbons (Fsp3) is 0.444. The van der Waals surface area contributed by atoms with E-state index in [0.717, 1.165) is 29.3 Å². The van der Waals surface area contributed by atoms with E-state index in [0.29, 0.717) is 19.5 Å². The summed E-state index contributed by atoms with van der Waals surface area (Å²) >= 11 is 0. The van der Waals surface area contributed by atoms with Gasteiger partial charge in [0.25, 0.3) is 0 Å². The van der Waals surface area contributed by atoms with Crippen molar-refractivity contribution < 1.29 is 18.7 Å². The lowest BCUT2D eigenvalue weighted by Crippen LogP contribution is -2.44. The largest absolute Gasteiger partial charge is 0.469 e. The molecule has 1 unspecified atom stereocenters. The molecule has 0 radical (unpaired) electrons. The summed E-state index contributed by atoms with van der Waals surface area (Å²) in [6.45, 7) is 1.09. The summed E-state index contributed by atoms with van der Waals surface area (Å²) in [5.74, 6) is -0.578. The molecule has 25 heavy (non-hydrogen) atoms. The quantitative estimate of drug-likeness (QED) is 0.817. The van der Waals surface area contributed by atoms with Crippen molar-refractivity contribution in [3.05, 3.63) is 35.8 Å². The number of aromatic nitrogens is 1. The Kier molecular flexibility index (Phi) is 5.21. The van der Waals surface area contributed by atoms with Crippen molar-refractivity contribution in [3.63, 3.8) is 0 Å². The van der Waals surface area contributed by atoms with Gasteiger partial charge < -0.3 is 19.9 Å². The van der Waals surface area contributed by atoms with E-state index >= 15 is 0 Å². The van der Waals surface area contributed by atoms with E-state index in [-0.39, 0.29) is 30.3 Å². The maximum atomic E-state index is 13.4. The van der Waals surface area contributed by atoms with Gasteiger partial charge in [0.1, 0.15) is 5.82 Å². The highest BCUT2D eigenvalue weighted by Crippen LogP contribution is 2.21. The second-order valence-electron chi connectivity index (χ2n) is 6.26. The maximum Gasteiger partial charge on any atom is 0.317 e. The second kappa shape index (κ2) is 7.55. The van der Waals surface area contributed by atoms with Crippen molar-refractivity contribution in [2.75, 3.05) is 20.2 Å². The second-order valence-corrected chi connectivity index (χ2v) is 6.26. The lowest BCUT2D eigenvalue weighted by Gasteiger charge is -2.24. The third kappa shape index (κ3) is 3.92. The number of esters is 1. The summed E-state index contributed by atoms with van der Waals surface area (Å²) in [4.78, 5) is 28.6. The van der Waals surface area contributed by atoms with Gasteiger partial charge in [-0.2, -0.15) is 0 Å². The third-order valence-corrected chi connectivity index (χ3v) is 4.67. The number of carbonyl (C=O) groups is 2. The molecule has 1 saturated heterocycles. The first-order valence-corrected chi connectivity index (χ1v) is 8.45. The Bertz CT molecular complexity index is 774. The number of amides is 2. The lowest BCUT2D eigenvalue weighted by molar-refractivity contribution is -0.141. The van der Waals surface area contributed by atoms with Crippen molar-refractivity contribution in [2.24, 2.45) is 0 Å². The van der Waals surface area contributed by atoms with Crippen LogP contribution in [0.4, 0.5) is 9.18 Å². The first kappa shape index (κ1) is 17.3. The summed E-state index contributed by atoms with van der Waals surface area (Å²) in [5, 5.41) is 3.72. The summed E-state index contributed by atoms with van der Waals surface area (Å²) < 4.78 is 18.1. The van der Waals surface area contributed by atoms with Gasteiger partial charge in [-0.05, 0) is 43.0 Å². The van der Waals surface area contributed by atoms with Crippen LogP contribution in [-0.2, 0) is 16.0 Å². The molecule has 1 aliphatic rings. The Labute approximate surface area is 145 Å². The number of benzene rings is 1. The Balaban J connectivity index is 1.55. The van der Waals surface area contributed by atoms with Crippen molar-refractivity contribution in [3.8, 4) is 0 Å². The number of aromatic amines is 1. The minimum atomic E-state index is -0.300. The van der Waals surface area contributed by atoms with E-state index < -0.39 is 0 Å². The number of methoxy groups -OCH3 is 1. The molecule has 6 nitrogen and oxygen atoms in total. The predicted octanol–water partition coefficient (Wildman–Crippen LogP) is 2.59. The van der Waals surface area contributed by atoms with Crippen LogP contribution < -0.4 is 5.32 Å². The van der Waals surface area contributed by atoms with E-state index in [1.54, 1.807) is 11.0 Å². The molecule has 0 bridgehead atoms. The molecule has 0 spiro atoms. The normalized spacial score (nSPS) is 17.0. The fourth-order valence-corrected chi connectivity index (χ4v) is 3.35.